The van der Waals surface area contributed by atoms with Crippen LogP contribution in [0, 0.1) is 0 Å². The zero-order chi connectivity index (χ0) is 10.2. The first kappa shape index (κ1) is 13.5. The van der Waals surface area contributed by atoms with Crippen molar-refractivity contribution in [2.24, 2.45) is 7.05 Å². The van der Waals surface area contributed by atoms with Gasteiger partial charge in [0, 0.05) is 13.2 Å². The van der Waals surface area contributed by atoms with E-state index < -0.39 is 23.7 Å². The first-order valence-corrected chi connectivity index (χ1v) is 3.14. The van der Waals surface area contributed by atoms with E-state index in [0.717, 1.165) is 11.6 Å². The normalized spacial score (nSPS) is 10.9. The number of carboxylic acid groups (broad SMARTS) is 1. The molecular weight excluding hydrogens is 212 g/mol. The molecule has 1 aromatic heterocycles. The van der Waals surface area contributed by atoms with E-state index in [-0.39, 0.29) is 29.6 Å². The van der Waals surface area contributed by atoms with E-state index in [1.165, 1.54) is 0 Å². The molecule has 1 aromatic rings. The molecule has 0 aliphatic rings. The molecule has 0 radical (unpaired) electrons. The van der Waals surface area contributed by atoms with Gasteiger partial charge < -0.3 is 14.5 Å². The number of carbonyl (C=O) groups is 1. The maximum Gasteiger partial charge on any atom is 1.00 e. The Kier molecular flexibility index (Phi) is 4.16. The van der Waals surface area contributed by atoms with Crippen LogP contribution in [0.25, 0.3) is 0 Å². The minimum atomic E-state index is -4.63. The number of nitrogens with zero attached hydrogens (tertiary/aromatic N) is 2. The molecule has 0 spiro atoms. The predicted octanol–water partition coefficient (Wildman–Crippen LogP) is -3.19. The number of carboxylic acids is 1. The van der Waals surface area contributed by atoms with Crippen LogP contribution in [0.1, 0.15) is 16.3 Å². The summed E-state index contributed by atoms with van der Waals surface area (Å²) < 4.78 is 36.6. The van der Waals surface area contributed by atoms with Crippen LogP contribution in [0.5, 0.6) is 0 Å². The van der Waals surface area contributed by atoms with Gasteiger partial charge in [-0.2, -0.15) is 13.2 Å². The van der Waals surface area contributed by atoms with Gasteiger partial charge in [0.05, 0.1) is 0 Å². The van der Waals surface area contributed by atoms with E-state index in [9.17, 15) is 23.1 Å². The van der Waals surface area contributed by atoms with Crippen molar-refractivity contribution in [3.05, 3.63) is 17.7 Å². The monoisotopic (exact) mass is 216 g/mol. The molecule has 72 valence electrons. The van der Waals surface area contributed by atoms with Crippen LogP contribution < -0.4 is 34.7 Å². The molecule has 0 saturated heterocycles. The number of aryl methyl sites for hydroxylation is 1. The molecule has 0 aromatic carbocycles. The molecule has 0 bridgehead atoms. The summed E-state index contributed by atoms with van der Waals surface area (Å²) in [6.45, 7) is 0. The summed E-state index contributed by atoms with van der Waals surface area (Å²) >= 11 is 0. The second kappa shape index (κ2) is 4.33. The van der Waals surface area contributed by atoms with Gasteiger partial charge in [-0.25, -0.2) is 4.98 Å². The molecule has 1 heterocycles. The van der Waals surface area contributed by atoms with Crippen LogP contribution in [0.4, 0.5) is 13.2 Å². The van der Waals surface area contributed by atoms with Gasteiger partial charge >= 0.3 is 35.7 Å². The number of hydrogen-bond acceptors (Lipinski definition) is 3. The molecule has 0 amide bonds. The third-order valence-corrected chi connectivity index (χ3v) is 1.35. The summed E-state index contributed by atoms with van der Waals surface area (Å²) in [6.07, 6.45) is -4.05. The summed E-state index contributed by atoms with van der Waals surface area (Å²) in [6, 6.07) is 0. The number of aromatic carboxylic acids is 1. The summed E-state index contributed by atoms with van der Waals surface area (Å²) in [5, 5.41) is 10.2. The molecule has 0 N–H and O–H groups in total. The van der Waals surface area contributed by atoms with Crippen LogP contribution in [-0.2, 0) is 13.2 Å². The van der Waals surface area contributed by atoms with Gasteiger partial charge in [0.25, 0.3) is 0 Å². The number of aromatic nitrogens is 2. The Labute approximate surface area is 99.0 Å². The average molecular weight is 216 g/mol. The van der Waals surface area contributed by atoms with Crippen molar-refractivity contribution in [2.75, 3.05) is 0 Å². The van der Waals surface area contributed by atoms with E-state index >= 15 is 0 Å². The maximum absolute atomic E-state index is 12.0. The summed E-state index contributed by atoms with van der Waals surface area (Å²) in [5.74, 6) is -2.48. The van der Waals surface area contributed by atoms with Crippen LogP contribution in [0.15, 0.2) is 6.20 Å². The topological polar surface area (TPSA) is 58.0 Å². The van der Waals surface area contributed by atoms with Crippen molar-refractivity contribution in [3.63, 3.8) is 0 Å². The Balaban J connectivity index is 0.00000169. The molecule has 0 unspecified atom stereocenters. The largest absolute Gasteiger partial charge is 1.00 e. The smallest absolute Gasteiger partial charge is 0.542 e. The molecule has 14 heavy (non-hydrogen) atoms. The van der Waals surface area contributed by atoms with Gasteiger partial charge in [0.15, 0.2) is 11.5 Å². The van der Waals surface area contributed by atoms with E-state index in [1.807, 2.05) is 0 Å². The molecule has 8 heteroatoms. The minimum Gasteiger partial charge on any atom is -0.542 e. The van der Waals surface area contributed by atoms with Crippen LogP contribution >= 0.6 is 0 Å². The fourth-order valence-corrected chi connectivity index (χ4v) is 0.793. The Morgan fingerprint density at radius 3 is 2.29 bits per heavy atom. The molecule has 0 aliphatic carbocycles. The van der Waals surface area contributed by atoms with E-state index in [1.54, 1.807) is 0 Å². The number of rotatable bonds is 1. The molecule has 0 atom stereocenters. The van der Waals surface area contributed by atoms with Gasteiger partial charge in [-0.3, -0.25) is 0 Å². The van der Waals surface area contributed by atoms with Crippen molar-refractivity contribution < 1.29 is 52.6 Å². The van der Waals surface area contributed by atoms with Gasteiger partial charge in [-0.1, -0.05) is 0 Å². The Morgan fingerprint density at radius 2 is 2.07 bits per heavy atom. The SMILES string of the molecule is Cn1cc(C(F)(F)F)nc1C(=O)[O-].[Na+]. The fourth-order valence-electron chi connectivity index (χ4n) is 0.793. The number of carbonyl (C=O) groups excluding carboxylic acids is 1. The van der Waals surface area contributed by atoms with Gasteiger partial charge in [0.2, 0.25) is 0 Å². The Morgan fingerprint density at radius 1 is 1.57 bits per heavy atom. The average Bonchev–Trinajstić information content (AvgIpc) is 2.29. The number of hydrogen-bond donors (Lipinski definition) is 0. The summed E-state index contributed by atoms with van der Waals surface area (Å²) in [5.41, 5.74) is -1.24. The minimum absolute atomic E-state index is 0. The zero-order valence-electron chi connectivity index (χ0n) is 7.42. The Hall–Kier alpha value is -0.530. The number of alkyl halides is 3. The van der Waals surface area contributed by atoms with E-state index in [2.05, 4.69) is 4.98 Å². The van der Waals surface area contributed by atoms with E-state index in [4.69, 9.17) is 0 Å². The summed E-state index contributed by atoms with van der Waals surface area (Å²) in [7, 11) is 1.15. The third-order valence-electron chi connectivity index (χ3n) is 1.35. The van der Waals surface area contributed by atoms with Gasteiger partial charge in [-0.15, -0.1) is 0 Å². The number of imidazole rings is 1. The molecule has 0 saturated carbocycles. The maximum atomic E-state index is 12.0. The fraction of sp³-hybridized carbons (Fsp3) is 0.333. The van der Waals surface area contributed by atoms with Crippen molar-refractivity contribution in [1.82, 2.24) is 9.55 Å². The molecule has 1 rings (SSSR count). The van der Waals surface area contributed by atoms with Crippen LogP contribution in [0.3, 0.4) is 0 Å². The molecule has 0 fully saturated rings. The number of halogens is 3. The summed E-state index contributed by atoms with van der Waals surface area (Å²) in [4.78, 5) is 13.1. The van der Waals surface area contributed by atoms with Crippen molar-refractivity contribution in [1.29, 1.82) is 0 Å². The standard InChI is InChI=1S/C6H5F3N2O2.Na/c1-11-2-3(6(7,8)9)10-4(11)5(12)13;/h2H,1H3,(H,12,13);/q;+1/p-1. The second-order valence-electron chi connectivity index (χ2n) is 2.35. The third kappa shape index (κ3) is 2.73. The van der Waals surface area contributed by atoms with Crippen molar-refractivity contribution in [2.45, 2.75) is 6.18 Å². The zero-order valence-corrected chi connectivity index (χ0v) is 9.42. The quantitative estimate of drug-likeness (QED) is 0.465. The van der Waals surface area contributed by atoms with Crippen LogP contribution in [-0.4, -0.2) is 15.5 Å². The first-order chi connectivity index (χ1) is 5.82. The van der Waals surface area contributed by atoms with Crippen LogP contribution in [0.2, 0.25) is 0 Å². The second-order valence-corrected chi connectivity index (χ2v) is 2.35. The molecular formula is C6H4F3N2NaO2. The first-order valence-electron chi connectivity index (χ1n) is 3.14. The van der Waals surface area contributed by atoms with Crippen molar-refractivity contribution >= 4 is 5.97 Å². The van der Waals surface area contributed by atoms with E-state index in [0.29, 0.717) is 6.20 Å². The molecule has 0 aliphatic heterocycles. The predicted molar refractivity (Wildman–Crippen MR) is 32.5 cm³/mol. The van der Waals surface area contributed by atoms with Crippen molar-refractivity contribution in [3.8, 4) is 0 Å². The van der Waals surface area contributed by atoms with Gasteiger partial charge in [0.1, 0.15) is 5.97 Å². The van der Waals surface area contributed by atoms with Gasteiger partial charge in [-0.05, 0) is 0 Å². The Bertz CT molecular complexity index is 347. The molecule has 4 nitrogen and oxygen atoms in total.